The molecular formula is C25H30N6O3. The van der Waals surface area contributed by atoms with Crippen LogP contribution in [0.4, 0.5) is 0 Å². The van der Waals surface area contributed by atoms with Crippen LogP contribution in [0.1, 0.15) is 30.1 Å². The number of methoxy groups -OCH3 is 1. The van der Waals surface area contributed by atoms with Gasteiger partial charge in [-0.15, -0.1) is 0 Å². The van der Waals surface area contributed by atoms with Gasteiger partial charge in [0.1, 0.15) is 16.9 Å². The van der Waals surface area contributed by atoms with E-state index in [4.69, 9.17) is 15.5 Å². The van der Waals surface area contributed by atoms with Crippen molar-refractivity contribution < 1.29 is 9.53 Å². The molecule has 1 fully saturated rings. The molecule has 0 aliphatic carbocycles. The summed E-state index contributed by atoms with van der Waals surface area (Å²) in [6, 6.07) is 9.10. The summed E-state index contributed by atoms with van der Waals surface area (Å²) in [6.07, 6.45) is 1.84. The Hall–Kier alpha value is -3.59. The van der Waals surface area contributed by atoms with Gasteiger partial charge in [-0.05, 0) is 44.0 Å². The number of ether oxygens (including phenoxy) is 1. The lowest BCUT2D eigenvalue weighted by atomic mass is 10.0. The number of carbonyl (C=O) groups excluding carboxylic acids is 1. The molecule has 1 saturated heterocycles. The molecule has 9 heteroatoms. The number of hydrogen-bond acceptors (Lipinski definition) is 5. The number of fused-ring (bicyclic) bond motifs is 2. The summed E-state index contributed by atoms with van der Waals surface area (Å²) in [5.41, 5.74) is 9.82. The molecule has 0 spiro atoms. The van der Waals surface area contributed by atoms with Gasteiger partial charge in [-0.2, -0.15) is 0 Å². The molecule has 1 aliphatic rings. The van der Waals surface area contributed by atoms with Gasteiger partial charge in [-0.25, -0.2) is 4.98 Å². The van der Waals surface area contributed by atoms with E-state index < -0.39 is 0 Å². The average Bonchev–Trinajstić information content (AvgIpc) is 3.38. The van der Waals surface area contributed by atoms with Crippen molar-refractivity contribution in [1.82, 2.24) is 23.6 Å². The third-order valence-electron chi connectivity index (χ3n) is 6.84. The van der Waals surface area contributed by atoms with E-state index in [1.54, 1.807) is 30.9 Å². The van der Waals surface area contributed by atoms with Crippen molar-refractivity contribution in [2.45, 2.75) is 32.4 Å². The number of rotatable bonds is 4. The van der Waals surface area contributed by atoms with Crippen LogP contribution < -0.4 is 16.0 Å². The van der Waals surface area contributed by atoms with Gasteiger partial charge in [0.05, 0.1) is 18.3 Å². The maximum atomic E-state index is 13.2. The van der Waals surface area contributed by atoms with Crippen molar-refractivity contribution in [2.24, 2.45) is 19.8 Å². The number of aryl methyl sites for hydroxylation is 3. The number of carbonyl (C=O) groups is 1. The highest BCUT2D eigenvalue weighted by molar-refractivity contribution is 6.00. The number of likely N-dealkylation sites (tertiary alicyclic amines) is 1. The van der Waals surface area contributed by atoms with Gasteiger partial charge in [0.15, 0.2) is 5.82 Å². The Morgan fingerprint density at radius 1 is 1.21 bits per heavy atom. The third kappa shape index (κ3) is 3.38. The van der Waals surface area contributed by atoms with Crippen LogP contribution in [0.5, 0.6) is 5.75 Å². The standard InChI is InChI=1S/C25H30N6O3/c1-5-31-19(12-15-8-9-21(32)28(2)24(15)31)23-27-18-11-16(13-20(34-4)22(18)29(23)3)25(33)30-10-6-7-17(26)14-30/h8-9,11-13,17H,5-7,10,14,26H2,1-4H3. The third-order valence-corrected chi connectivity index (χ3v) is 6.84. The molecule has 2 N–H and O–H groups in total. The maximum Gasteiger partial charge on any atom is 0.254 e. The van der Waals surface area contributed by atoms with Crippen molar-refractivity contribution in [2.75, 3.05) is 20.2 Å². The minimum atomic E-state index is -0.0564. The highest BCUT2D eigenvalue weighted by atomic mass is 16.5. The van der Waals surface area contributed by atoms with Gasteiger partial charge >= 0.3 is 0 Å². The van der Waals surface area contributed by atoms with Crippen LogP contribution in [0.15, 0.2) is 35.1 Å². The van der Waals surface area contributed by atoms with Crippen molar-refractivity contribution in [1.29, 1.82) is 0 Å². The van der Waals surface area contributed by atoms with Gasteiger partial charge in [-0.3, -0.25) is 14.2 Å². The molecule has 5 rings (SSSR count). The Morgan fingerprint density at radius 2 is 2.00 bits per heavy atom. The Kier molecular flexibility index (Phi) is 5.44. The molecule has 1 amide bonds. The van der Waals surface area contributed by atoms with E-state index in [1.807, 2.05) is 41.6 Å². The van der Waals surface area contributed by atoms with Crippen molar-refractivity contribution >= 4 is 28.0 Å². The average molecular weight is 463 g/mol. The lowest BCUT2D eigenvalue weighted by Crippen LogP contribution is -2.45. The predicted molar refractivity (Wildman–Crippen MR) is 132 cm³/mol. The van der Waals surface area contributed by atoms with Gasteiger partial charge in [0, 0.05) is 56.8 Å². The largest absolute Gasteiger partial charge is 0.494 e. The van der Waals surface area contributed by atoms with Crippen molar-refractivity contribution in [3.8, 4) is 17.3 Å². The first-order valence-electron chi connectivity index (χ1n) is 11.6. The molecule has 1 aromatic carbocycles. The van der Waals surface area contributed by atoms with Crippen LogP contribution in [0.3, 0.4) is 0 Å². The minimum absolute atomic E-state index is 0.0108. The fourth-order valence-corrected chi connectivity index (χ4v) is 5.14. The smallest absolute Gasteiger partial charge is 0.254 e. The van der Waals surface area contributed by atoms with Gasteiger partial charge in [-0.1, -0.05) is 0 Å². The molecule has 0 saturated carbocycles. The second-order valence-corrected chi connectivity index (χ2v) is 8.98. The minimum Gasteiger partial charge on any atom is -0.494 e. The second kappa shape index (κ2) is 8.32. The number of piperidine rings is 1. The quantitative estimate of drug-likeness (QED) is 0.502. The number of benzene rings is 1. The molecule has 0 radical (unpaired) electrons. The Morgan fingerprint density at radius 3 is 2.71 bits per heavy atom. The Labute approximate surface area is 197 Å². The summed E-state index contributed by atoms with van der Waals surface area (Å²) < 4.78 is 11.4. The van der Waals surface area contributed by atoms with E-state index in [2.05, 4.69) is 4.57 Å². The zero-order chi connectivity index (χ0) is 24.1. The fraction of sp³-hybridized carbons (Fsp3) is 0.400. The molecule has 0 bridgehead atoms. The monoisotopic (exact) mass is 462 g/mol. The summed E-state index contributed by atoms with van der Waals surface area (Å²) in [7, 11) is 5.32. The highest BCUT2D eigenvalue weighted by Gasteiger charge is 2.25. The first-order chi connectivity index (χ1) is 16.3. The van der Waals surface area contributed by atoms with E-state index in [-0.39, 0.29) is 17.5 Å². The molecule has 178 valence electrons. The summed E-state index contributed by atoms with van der Waals surface area (Å²) in [4.78, 5) is 32.3. The van der Waals surface area contributed by atoms with E-state index in [0.29, 0.717) is 36.5 Å². The van der Waals surface area contributed by atoms with Crippen LogP contribution in [-0.4, -0.2) is 55.7 Å². The van der Waals surface area contributed by atoms with Crippen LogP contribution >= 0.6 is 0 Å². The lowest BCUT2D eigenvalue weighted by Gasteiger charge is -2.30. The summed E-state index contributed by atoms with van der Waals surface area (Å²) in [5, 5.41) is 0.968. The molecule has 34 heavy (non-hydrogen) atoms. The molecular weight excluding hydrogens is 432 g/mol. The van der Waals surface area contributed by atoms with E-state index in [0.717, 1.165) is 40.9 Å². The SMILES string of the molecule is CCn1c(-c2nc3cc(C(=O)N4CCCC(N)C4)cc(OC)c3n2C)cc2ccc(=O)n(C)c21. The topological polar surface area (TPSA) is 100 Å². The molecule has 1 aliphatic heterocycles. The predicted octanol–water partition coefficient (Wildman–Crippen LogP) is 2.49. The first-order valence-corrected chi connectivity index (χ1v) is 11.6. The zero-order valence-corrected chi connectivity index (χ0v) is 20.0. The normalized spacial score (nSPS) is 16.5. The number of nitrogens with two attached hydrogens (primary N) is 1. The van der Waals surface area contributed by atoms with E-state index in [9.17, 15) is 9.59 Å². The van der Waals surface area contributed by atoms with Gasteiger partial charge in [0.2, 0.25) is 0 Å². The number of hydrogen-bond donors (Lipinski definition) is 1. The number of pyridine rings is 1. The van der Waals surface area contributed by atoms with Gasteiger partial charge in [0.25, 0.3) is 11.5 Å². The number of aromatic nitrogens is 4. The second-order valence-electron chi connectivity index (χ2n) is 8.98. The first kappa shape index (κ1) is 22.2. The van der Waals surface area contributed by atoms with E-state index in [1.165, 1.54) is 0 Å². The highest BCUT2D eigenvalue weighted by Crippen LogP contribution is 2.34. The zero-order valence-electron chi connectivity index (χ0n) is 20.0. The van der Waals surface area contributed by atoms with Crippen LogP contribution in [0.25, 0.3) is 33.6 Å². The number of imidazole rings is 1. The maximum absolute atomic E-state index is 13.2. The van der Waals surface area contributed by atoms with Crippen molar-refractivity contribution in [3.05, 3.63) is 46.2 Å². The molecule has 9 nitrogen and oxygen atoms in total. The Balaban J connectivity index is 1.67. The summed E-state index contributed by atoms with van der Waals surface area (Å²) in [6.45, 7) is 3.98. The molecule has 4 heterocycles. The molecule has 4 aromatic rings. The molecule has 3 aromatic heterocycles. The molecule has 1 unspecified atom stereocenters. The van der Waals surface area contributed by atoms with Crippen LogP contribution in [0, 0.1) is 0 Å². The van der Waals surface area contributed by atoms with Crippen LogP contribution in [-0.2, 0) is 20.6 Å². The summed E-state index contributed by atoms with van der Waals surface area (Å²) in [5.74, 6) is 1.28. The fourth-order valence-electron chi connectivity index (χ4n) is 5.14. The van der Waals surface area contributed by atoms with Crippen molar-refractivity contribution in [3.63, 3.8) is 0 Å². The van der Waals surface area contributed by atoms with Gasteiger partial charge < -0.3 is 24.5 Å². The Bertz CT molecular complexity index is 1480. The molecule has 1 atom stereocenters. The van der Waals surface area contributed by atoms with E-state index >= 15 is 0 Å². The number of nitrogens with zero attached hydrogens (tertiary/aromatic N) is 5. The number of amides is 1. The summed E-state index contributed by atoms with van der Waals surface area (Å²) >= 11 is 0. The lowest BCUT2D eigenvalue weighted by molar-refractivity contribution is 0.0708. The van der Waals surface area contributed by atoms with Crippen LogP contribution in [0.2, 0.25) is 0 Å².